The van der Waals surface area contributed by atoms with Gasteiger partial charge in [0.25, 0.3) is 5.56 Å². The molecule has 0 fully saturated rings. The molecule has 5 aromatic rings. The molecular formula is C27H23BrN2O5S. The van der Waals surface area contributed by atoms with E-state index in [1.165, 1.54) is 11.3 Å². The minimum absolute atomic E-state index is 0.0900. The molecule has 0 bridgehead atoms. The van der Waals surface area contributed by atoms with Crippen LogP contribution < -0.4 is 29.0 Å². The highest BCUT2D eigenvalue weighted by molar-refractivity contribution is 9.10. The van der Waals surface area contributed by atoms with Crippen molar-refractivity contribution in [3.63, 3.8) is 0 Å². The van der Waals surface area contributed by atoms with Gasteiger partial charge in [0.1, 0.15) is 24.7 Å². The maximum atomic E-state index is 13.1. The molecule has 0 aliphatic carbocycles. The van der Waals surface area contributed by atoms with Gasteiger partial charge >= 0.3 is 0 Å². The van der Waals surface area contributed by atoms with Crippen LogP contribution in [0.3, 0.4) is 0 Å². The first-order valence-corrected chi connectivity index (χ1v) is 13.0. The molecule has 7 nitrogen and oxygen atoms in total. The highest BCUT2D eigenvalue weighted by atomic mass is 79.9. The van der Waals surface area contributed by atoms with Gasteiger partial charge in [0.2, 0.25) is 0 Å². The molecule has 9 heteroatoms. The third kappa shape index (κ3) is 4.89. The van der Waals surface area contributed by atoms with Gasteiger partial charge in [0, 0.05) is 6.07 Å². The van der Waals surface area contributed by atoms with Crippen molar-refractivity contribution in [2.24, 2.45) is 0 Å². The zero-order valence-corrected chi connectivity index (χ0v) is 22.1. The molecule has 36 heavy (non-hydrogen) atoms. The van der Waals surface area contributed by atoms with Crippen LogP contribution in [0.4, 0.5) is 0 Å². The van der Waals surface area contributed by atoms with Crippen LogP contribution in [0.25, 0.3) is 22.1 Å². The molecule has 0 amide bonds. The van der Waals surface area contributed by atoms with Gasteiger partial charge in [-0.1, -0.05) is 29.5 Å². The number of nitrogens with zero attached hydrogens (tertiary/aromatic N) is 2. The minimum Gasteiger partial charge on any atom is -0.497 e. The number of methoxy groups -OCH3 is 1. The van der Waals surface area contributed by atoms with Gasteiger partial charge in [0.15, 0.2) is 16.5 Å². The van der Waals surface area contributed by atoms with E-state index in [2.05, 4.69) is 20.9 Å². The van der Waals surface area contributed by atoms with Crippen LogP contribution in [0, 0.1) is 0 Å². The third-order valence-corrected chi connectivity index (χ3v) is 6.97. The standard InChI is InChI=1S/C27H23BrN2O5S/c1-3-33-23-14-17(15-24-26(31)30-22-10-5-4-9-21(22)29-27(30)36-24)13-20(28)25(23)35-12-11-34-19-8-6-7-18(16-19)32-2/h4-10,13-16H,3,11-12H2,1-2H3/b24-15-. The summed E-state index contributed by atoms with van der Waals surface area (Å²) in [5, 5.41) is 0. The van der Waals surface area contributed by atoms with E-state index in [4.69, 9.17) is 18.9 Å². The van der Waals surface area contributed by atoms with E-state index in [1.54, 1.807) is 11.5 Å². The second kappa shape index (κ2) is 10.6. The number of hydrogen-bond acceptors (Lipinski definition) is 7. The van der Waals surface area contributed by atoms with Gasteiger partial charge in [-0.2, -0.15) is 0 Å². The number of rotatable bonds is 9. The second-order valence-electron chi connectivity index (χ2n) is 7.77. The Morgan fingerprint density at radius 1 is 1.00 bits per heavy atom. The molecule has 3 aromatic carbocycles. The summed E-state index contributed by atoms with van der Waals surface area (Å²) in [4.78, 5) is 18.4. The van der Waals surface area contributed by atoms with Gasteiger partial charge in [-0.15, -0.1) is 0 Å². The maximum absolute atomic E-state index is 13.1. The van der Waals surface area contributed by atoms with Crippen molar-refractivity contribution in [3.05, 3.63) is 85.6 Å². The maximum Gasteiger partial charge on any atom is 0.274 e. The van der Waals surface area contributed by atoms with E-state index in [0.717, 1.165) is 26.8 Å². The third-order valence-electron chi connectivity index (χ3n) is 5.41. The van der Waals surface area contributed by atoms with Crippen LogP contribution in [0.5, 0.6) is 23.0 Å². The molecule has 0 spiro atoms. The summed E-state index contributed by atoms with van der Waals surface area (Å²) >= 11 is 4.96. The molecule has 0 aliphatic rings. The molecule has 0 radical (unpaired) electrons. The van der Waals surface area contributed by atoms with Crippen LogP contribution in [-0.2, 0) is 0 Å². The highest BCUT2D eigenvalue weighted by Crippen LogP contribution is 2.37. The predicted octanol–water partition coefficient (Wildman–Crippen LogP) is 5.08. The van der Waals surface area contributed by atoms with Gasteiger partial charge in [-0.05, 0) is 70.9 Å². The minimum atomic E-state index is -0.0900. The van der Waals surface area contributed by atoms with E-state index in [-0.39, 0.29) is 5.56 Å². The number of halogens is 1. The van der Waals surface area contributed by atoms with Crippen LogP contribution in [0.1, 0.15) is 12.5 Å². The largest absolute Gasteiger partial charge is 0.497 e. The lowest BCUT2D eigenvalue weighted by Gasteiger charge is -2.15. The average molecular weight is 567 g/mol. The number of hydrogen-bond donors (Lipinski definition) is 0. The lowest BCUT2D eigenvalue weighted by molar-refractivity contribution is 0.207. The number of ether oxygens (including phenoxy) is 4. The lowest BCUT2D eigenvalue weighted by atomic mass is 10.2. The van der Waals surface area contributed by atoms with Crippen molar-refractivity contribution in [2.75, 3.05) is 26.9 Å². The summed E-state index contributed by atoms with van der Waals surface area (Å²) in [6, 6.07) is 18.8. The topological polar surface area (TPSA) is 71.3 Å². The molecule has 0 saturated heterocycles. The summed E-state index contributed by atoms with van der Waals surface area (Å²) in [5.74, 6) is 2.60. The van der Waals surface area contributed by atoms with E-state index >= 15 is 0 Å². The molecule has 0 saturated carbocycles. The van der Waals surface area contributed by atoms with Crippen LogP contribution in [-0.4, -0.2) is 36.3 Å². The Labute approximate surface area is 219 Å². The fraction of sp³-hybridized carbons (Fsp3) is 0.185. The molecular weight excluding hydrogens is 544 g/mol. The Balaban J connectivity index is 1.38. The molecule has 184 valence electrons. The normalized spacial score (nSPS) is 11.8. The fourth-order valence-electron chi connectivity index (χ4n) is 3.83. The fourth-order valence-corrected chi connectivity index (χ4v) is 5.39. The number of thiazole rings is 1. The van der Waals surface area contributed by atoms with E-state index in [9.17, 15) is 4.79 Å². The predicted molar refractivity (Wildman–Crippen MR) is 145 cm³/mol. The second-order valence-corrected chi connectivity index (χ2v) is 9.64. The SMILES string of the molecule is CCOc1cc(/C=c2\sc3nc4ccccc4n3c2=O)cc(Br)c1OCCOc1cccc(OC)c1. The molecule has 0 unspecified atom stereocenters. The summed E-state index contributed by atoms with van der Waals surface area (Å²) in [7, 11) is 1.62. The summed E-state index contributed by atoms with van der Waals surface area (Å²) in [6.07, 6.45) is 1.85. The summed E-state index contributed by atoms with van der Waals surface area (Å²) < 4.78 is 25.8. The molecule has 2 heterocycles. The number of benzene rings is 3. The van der Waals surface area contributed by atoms with E-state index in [1.807, 2.05) is 73.7 Å². The van der Waals surface area contributed by atoms with Crippen LogP contribution in [0.2, 0.25) is 0 Å². The first-order valence-electron chi connectivity index (χ1n) is 11.3. The molecule has 2 aromatic heterocycles. The monoisotopic (exact) mass is 566 g/mol. The number of fused-ring (bicyclic) bond motifs is 3. The summed E-state index contributed by atoms with van der Waals surface area (Å²) in [6.45, 7) is 3.05. The van der Waals surface area contributed by atoms with Crippen LogP contribution in [0.15, 0.2) is 69.9 Å². The zero-order chi connectivity index (χ0) is 25.1. The Kier molecular flexibility index (Phi) is 7.11. The molecule has 0 atom stereocenters. The highest BCUT2D eigenvalue weighted by Gasteiger charge is 2.14. The lowest BCUT2D eigenvalue weighted by Crippen LogP contribution is -2.22. The van der Waals surface area contributed by atoms with Crippen molar-refractivity contribution in [1.82, 2.24) is 9.38 Å². The van der Waals surface area contributed by atoms with Crippen LogP contribution >= 0.6 is 27.3 Å². The average Bonchev–Trinajstić information content (AvgIpc) is 3.39. The van der Waals surface area contributed by atoms with Gasteiger partial charge in [-0.25, -0.2) is 9.38 Å². The Bertz CT molecular complexity index is 1650. The quantitative estimate of drug-likeness (QED) is 0.231. The van der Waals surface area contributed by atoms with Crippen molar-refractivity contribution in [2.45, 2.75) is 6.92 Å². The van der Waals surface area contributed by atoms with Gasteiger partial charge in [0.05, 0.1) is 33.8 Å². The van der Waals surface area contributed by atoms with Gasteiger partial charge < -0.3 is 18.9 Å². The Hall–Kier alpha value is -3.56. The zero-order valence-electron chi connectivity index (χ0n) is 19.7. The number of aromatic nitrogens is 2. The van der Waals surface area contributed by atoms with Crippen molar-refractivity contribution in [3.8, 4) is 23.0 Å². The molecule has 0 aliphatic heterocycles. The first-order chi connectivity index (χ1) is 17.6. The molecule has 5 rings (SSSR count). The summed E-state index contributed by atoms with van der Waals surface area (Å²) in [5.41, 5.74) is 2.35. The number of imidazole rings is 1. The Morgan fingerprint density at radius 3 is 2.64 bits per heavy atom. The van der Waals surface area contributed by atoms with Gasteiger partial charge in [-0.3, -0.25) is 4.79 Å². The van der Waals surface area contributed by atoms with E-state index < -0.39 is 0 Å². The molecule has 0 N–H and O–H groups in total. The van der Waals surface area contributed by atoms with Crippen molar-refractivity contribution < 1.29 is 18.9 Å². The van der Waals surface area contributed by atoms with E-state index in [0.29, 0.717) is 46.6 Å². The number of para-hydroxylation sites is 2. The van der Waals surface area contributed by atoms with Crippen molar-refractivity contribution >= 4 is 49.3 Å². The Morgan fingerprint density at radius 2 is 1.81 bits per heavy atom. The van der Waals surface area contributed by atoms with Crippen molar-refractivity contribution in [1.29, 1.82) is 0 Å². The smallest absolute Gasteiger partial charge is 0.274 e. The first kappa shape index (κ1) is 24.1.